The number of hydrogen-bond acceptors (Lipinski definition) is 1. The van der Waals surface area contributed by atoms with Crippen molar-refractivity contribution in [3.8, 4) is 0 Å². The van der Waals surface area contributed by atoms with Gasteiger partial charge in [0.25, 0.3) is 0 Å². The van der Waals surface area contributed by atoms with Gasteiger partial charge in [-0.3, -0.25) is 0 Å². The van der Waals surface area contributed by atoms with Gasteiger partial charge in [0.05, 0.1) is 10.7 Å². The standard InChI is InChI=1S/C15H21ClFN/c16-14-9-8-13(17)10-15(14)18-11-12-6-4-2-1-3-5-7-12/h8-10,12,18H,1-7,11H2. The second-order valence-corrected chi connectivity index (χ2v) is 5.62. The minimum atomic E-state index is -0.237. The highest BCUT2D eigenvalue weighted by Gasteiger charge is 2.12. The molecule has 0 amide bonds. The summed E-state index contributed by atoms with van der Waals surface area (Å²) < 4.78 is 13.1. The maximum Gasteiger partial charge on any atom is 0.125 e. The summed E-state index contributed by atoms with van der Waals surface area (Å²) in [5.41, 5.74) is 0.721. The molecular formula is C15H21ClFN. The number of halogens is 2. The van der Waals surface area contributed by atoms with Crippen molar-refractivity contribution in [3.05, 3.63) is 29.0 Å². The van der Waals surface area contributed by atoms with Crippen LogP contribution in [0.5, 0.6) is 0 Å². The Bertz CT molecular complexity index is 373. The summed E-state index contributed by atoms with van der Waals surface area (Å²) in [7, 11) is 0. The highest BCUT2D eigenvalue weighted by molar-refractivity contribution is 6.33. The lowest BCUT2D eigenvalue weighted by molar-refractivity contribution is 0.392. The lowest BCUT2D eigenvalue weighted by atomic mass is 9.91. The van der Waals surface area contributed by atoms with Crippen LogP contribution in [0, 0.1) is 11.7 Å². The molecule has 1 saturated carbocycles. The number of rotatable bonds is 3. The minimum Gasteiger partial charge on any atom is -0.383 e. The lowest BCUT2D eigenvalue weighted by Gasteiger charge is -2.21. The van der Waals surface area contributed by atoms with Crippen LogP contribution in [0.1, 0.15) is 44.9 Å². The topological polar surface area (TPSA) is 12.0 Å². The van der Waals surface area contributed by atoms with Crippen LogP contribution in [-0.2, 0) is 0 Å². The van der Waals surface area contributed by atoms with E-state index in [2.05, 4.69) is 5.32 Å². The van der Waals surface area contributed by atoms with Gasteiger partial charge in [-0.1, -0.05) is 43.7 Å². The van der Waals surface area contributed by atoms with Gasteiger partial charge < -0.3 is 5.32 Å². The first-order valence-electron chi connectivity index (χ1n) is 6.94. The average Bonchev–Trinajstić information content (AvgIpc) is 2.32. The second-order valence-electron chi connectivity index (χ2n) is 5.22. The number of anilines is 1. The van der Waals surface area contributed by atoms with Crippen LogP contribution in [-0.4, -0.2) is 6.54 Å². The highest BCUT2D eigenvalue weighted by atomic mass is 35.5. The van der Waals surface area contributed by atoms with Crippen molar-refractivity contribution in [2.45, 2.75) is 44.9 Å². The normalized spacial score (nSPS) is 18.1. The van der Waals surface area contributed by atoms with Crippen LogP contribution in [0.2, 0.25) is 5.02 Å². The molecule has 100 valence electrons. The molecule has 0 radical (unpaired) electrons. The van der Waals surface area contributed by atoms with Gasteiger partial charge in [-0.15, -0.1) is 0 Å². The highest BCUT2D eigenvalue weighted by Crippen LogP contribution is 2.26. The molecule has 0 aliphatic heterocycles. The van der Waals surface area contributed by atoms with Gasteiger partial charge in [0.15, 0.2) is 0 Å². The van der Waals surface area contributed by atoms with E-state index in [9.17, 15) is 4.39 Å². The SMILES string of the molecule is Fc1ccc(Cl)c(NCC2CCCCCCC2)c1. The van der Waals surface area contributed by atoms with E-state index in [1.54, 1.807) is 6.07 Å². The van der Waals surface area contributed by atoms with Gasteiger partial charge in [-0.05, 0) is 37.0 Å². The first-order valence-corrected chi connectivity index (χ1v) is 7.32. The maximum atomic E-state index is 13.1. The first-order chi connectivity index (χ1) is 8.75. The smallest absolute Gasteiger partial charge is 0.125 e. The summed E-state index contributed by atoms with van der Waals surface area (Å²) in [6.45, 7) is 0.906. The van der Waals surface area contributed by atoms with Gasteiger partial charge in [0, 0.05) is 6.54 Å². The zero-order valence-electron chi connectivity index (χ0n) is 10.7. The molecule has 0 unspecified atom stereocenters. The quantitative estimate of drug-likeness (QED) is 0.790. The Labute approximate surface area is 114 Å². The van der Waals surface area contributed by atoms with Crippen LogP contribution in [0.15, 0.2) is 18.2 Å². The molecule has 1 aliphatic carbocycles. The van der Waals surface area contributed by atoms with E-state index < -0.39 is 0 Å². The van der Waals surface area contributed by atoms with E-state index >= 15 is 0 Å². The Kier molecular flexibility index (Phi) is 5.30. The molecule has 0 heterocycles. The summed E-state index contributed by atoms with van der Waals surface area (Å²) >= 11 is 6.04. The summed E-state index contributed by atoms with van der Waals surface area (Å²) in [5.74, 6) is 0.462. The van der Waals surface area contributed by atoms with Crippen molar-refractivity contribution in [3.63, 3.8) is 0 Å². The molecule has 0 atom stereocenters. The van der Waals surface area contributed by atoms with Gasteiger partial charge in [-0.25, -0.2) is 4.39 Å². The molecule has 1 fully saturated rings. The molecule has 0 saturated heterocycles. The van der Waals surface area contributed by atoms with E-state index in [1.807, 2.05) is 0 Å². The van der Waals surface area contributed by atoms with E-state index in [0.717, 1.165) is 12.2 Å². The van der Waals surface area contributed by atoms with Crippen molar-refractivity contribution in [2.75, 3.05) is 11.9 Å². The van der Waals surface area contributed by atoms with Crippen LogP contribution in [0.3, 0.4) is 0 Å². The fourth-order valence-electron chi connectivity index (χ4n) is 2.63. The van der Waals surface area contributed by atoms with E-state index in [1.165, 1.54) is 57.1 Å². The van der Waals surface area contributed by atoms with Crippen LogP contribution >= 0.6 is 11.6 Å². The Morgan fingerprint density at radius 2 is 1.78 bits per heavy atom. The lowest BCUT2D eigenvalue weighted by Crippen LogP contribution is -2.16. The molecule has 1 aromatic rings. The summed E-state index contributed by atoms with van der Waals surface area (Å²) in [5, 5.41) is 3.90. The molecule has 0 bridgehead atoms. The van der Waals surface area contributed by atoms with Gasteiger partial charge in [-0.2, -0.15) is 0 Å². The Hall–Kier alpha value is -0.760. The number of benzene rings is 1. The first kappa shape index (κ1) is 13.7. The average molecular weight is 270 g/mol. The van der Waals surface area contributed by atoms with Crippen LogP contribution in [0.4, 0.5) is 10.1 Å². The van der Waals surface area contributed by atoms with E-state index in [4.69, 9.17) is 11.6 Å². The largest absolute Gasteiger partial charge is 0.383 e. The molecule has 3 heteroatoms. The monoisotopic (exact) mass is 269 g/mol. The molecule has 1 N–H and O–H groups in total. The van der Waals surface area contributed by atoms with Crippen molar-refractivity contribution in [2.24, 2.45) is 5.92 Å². The molecule has 0 aromatic heterocycles. The summed E-state index contributed by atoms with van der Waals surface area (Å²) in [6, 6.07) is 4.48. The van der Waals surface area contributed by atoms with Gasteiger partial charge >= 0.3 is 0 Å². The fourth-order valence-corrected chi connectivity index (χ4v) is 2.82. The predicted octanol–water partition coefficient (Wildman–Crippen LogP) is 5.25. The van der Waals surface area contributed by atoms with Crippen LogP contribution in [0.25, 0.3) is 0 Å². The third-order valence-corrected chi connectivity index (χ3v) is 4.06. The van der Waals surface area contributed by atoms with E-state index in [-0.39, 0.29) is 5.82 Å². The zero-order valence-corrected chi connectivity index (χ0v) is 11.5. The molecule has 1 aromatic carbocycles. The predicted molar refractivity (Wildman–Crippen MR) is 75.7 cm³/mol. The van der Waals surface area contributed by atoms with Crippen molar-refractivity contribution in [1.82, 2.24) is 0 Å². The van der Waals surface area contributed by atoms with Gasteiger partial charge in [0.1, 0.15) is 5.82 Å². The number of hydrogen-bond donors (Lipinski definition) is 1. The molecule has 1 nitrogen and oxygen atoms in total. The third-order valence-electron chi connectivity index (χ3n) is 3.73. The Balaban J connectivity index is 1.87. The molecule has 0 spiro atoms. The zero-order chi connectivity index (χ0) is 12.8. The van der Waals surface area contributed by atoms with Crippen molar-refractivity contribution < 1.29 is 4.39 Å². The Morgan fingerprint density at radius 3 is 2.50 bits per heavy atom. The van der Waals surface area contributed by atoms with Crippen molar-refractivity contribution >= 4 is 17.3 Å². The summed E-state index contributed by atoms with van der Waals surface area (Å²) in [6.07, 6.45) is 9.30. The Morgan fingerprint density at radius 1 is 1.11 bits per heavy atom. The molecule has 2 rings (SSSR count). The van der Waals surface area contributed by atoms with E-state index in [0.29, 0.717) is 10.9 Å². The fraction of sp³-hybridized carbons (Fsp3) is 0.600. The van der Waals surface area contributed by atoms with Crippen LogP contribution < -0.4 is 5.32 Å². The number of nitrogens with one attached hydrogen (secondary N) is 1. The molecular weight excluding hydrogens is 249 g/mol. The third kappa shape index (κ3) is 4.16. The second kappa shape index (κ2) is 6.98. The van der Waals surface area contributed by atoms with Gasteiger partial charge in [0.2, 0.25) is 0 Å². The summed E-state index contributed by atoms with van der Waals surface area (Å²) in [4.78, 5) is 0. The molecule has 1 aliphatic rings. The maximum absolute atomic E-state index is 13.1. The van der Waals surface area contributed by atoms with Crippen molar-refractivity contribution in [1.29, 1.82) is 0 Å². The molecule has 18 heavy (non-hydrogen) atoms. The minimum absolute atomic E-state index is 0.237.